The van der Waals surface area contributed by atoms with E-state index in [4.69, 9.17) is 17.0 Å². The van der Waals surface area contributed by atoms with Gasteiger partial charge in [0.05, 0.1) is 12.5 Å². The van der Waals surface area contributed by atoms with Gasteiger partial charge in [0.1, 0.15) is 10.4 Å². The predicted octanol–water partition coefficient (Wildman–Crippen LogP) is 4.49. The Hall–Kier alpha value is -1.60. The third-order valence-corrected chi connectivity index (χ3v) is 6.57. The van der Waals surface area contributed by atoms with E-state index in [1.165, 1.54) is 17.3 Å². The van der Waals surface area contributed by atoms with Crippen molar-refractivity contribution in [1.82, 2.24) is 4.90 Å². The lowest BCUT2D eigenvalue weighted by molar-refractivity contribution is -0.145. The Labute approximate surface area is 183 Å². The van der Waals surface area contributed by atoms with E-state index >= 15 is 0 Å². The van der Waals surface area contributed by atoms with Crippen LogP contribution in [0.3, 0.4) is 0 Å². The Morgan fingerprint density at radius 3 is 2.59 bits per heavy atom. The maximum absolute atomic E-state index is 12.3. The van der Waals surface area contributed by atoms with E-state index in [2.05, 4.69) is 26.0 Å². The summed E-state index contributed by atoms with van der Waals surface area (Å²) < 4.78 is 6.04. The van der Waals surface area contributed by atoms with Gasteiger partial charge in [0, 0.05) is 12.3 Å². The van der Waals surface area contributed by atoms with Crippen LogP contribution in [0.1, 0.15) is 57.1 Å². The van der Waals surface area contributed by atoms with Gasteiger partial charge in [-0.25, -0.2) is 4.79 Å². The van der Waals surface area contributed by atoms with E-state index in [1.807, 2.05) is 19.1 Å². The van der Waals surface area contributed by atoms with Crippen molar-refractivity contribution >= 4 is 40.2 Å². The molecule has 29 heavy (non-hydrogen) atoms. The van der Waals surface area contributed by atoms with Gasteiger partial charge in [0.15, 0.2) is 0 Å². The number of aliphatic carboxylic acids is 1. The smallest absolute Gasteiger partial charge is 0.326 e. The van der Waals surface area contributed by atoms with Gasteiger partial charge in [0.2, 0.25) is 0 Å². The molecule has 0 bridgehead atoms. The minimum absolute atomic E-state index is 0.223. The lowest BCUT2D eigenvalue weighted by Crippen LogP contribution is -2.38. The molecule has 160 valence electrons. The van der Waals surface area contributed by atoms with Gasteiger partial charge in [-0.3, -0.25) is 4.79 Å². The summed E-state index contributed by atoms with van der Waals surface area (Å²) in [4.78, 5) is 25.3. The molecule has 0 saturated carbocycles. The molecule has 1 aliphatic heterocycles. The highest BCUT2D eigenvalue weighted by molar-refractivity contribution is 8.22. The number of thioether (sulfide) groups is 1. The number of rotatable bonds is 9. The molecule has 0 spiro atoms. The number of carboxylic acid groups (broad SMARTS) is 1. The van der Waals surface area contributed by atoms with Crippen molar-refractivity contribution in [2.45, 2.75) is 58.4 Å². The molecular formula is C22H31NO4S2. The van der Waals surface area contributed by atoms with Crippen LogP contribution in [-0.4, -0.2) is 51.2 Å². The van der Waals surface area contributed by atoms with Crippen molar-refractivity contribution in [3.63, 3.8) is 0 Å². The van der Waals surface area contributed by atoms with Gasteiger partial charge in [0.25, 0.3) is 0 Å². The summed E-state index contributed by atoms with van der Waals surface area (Å²) >= 11 is 6.83. The minimum Gasteiger partial charge on any atom is -0.480 e. The lowest BCUT2D eigenvalue weighted by atomic mass is 9.97. The number of nitrogens with zero attached hydrogens (tertiary/aromatic N) is 1. The van der Waals surface area contributed by atoms with Crippen molar-refractivity contribution in [3.05, 3.63) is 35.4 Å². The third kappa shape index (κ3) is 7.30. The summed E-state index contributed by atoms with van der Waals surface area (Å²) in [6.07, 6.45) is 3.21. The maximum Gasteiger partial charge on any atom is 0.326 e. The molecule has 0 aliphatic carbocycles. The fraction of sp³-hybridized carbons (Fsp3) is 0.591. The number of carboxylic acids is 1. The zero-order valence-corrected chi connectivity index (χ0v) is 19.1. The van der Waals surface area contributed by atoms with Gasteiger partial charge in [-0.1, -0.05) is 62.1 Å². The van der Waals surface area contributed by atoms with Crippen LogP contribution in [0.5, 0.6) is 0 Å². The van der Waals surface area contributed by atoms with Crippen LogP contribution in [0.15, 0.2) is 24.3 Å². The van der Waals surface area contributed by atoms with Crippen LogP contribution < -0.4 is 0 Å². The zero-order chi connectivity index (χ0) is 21.4. The summed E-state index contributed by atoms with van der Waals surface area (Å²) in [6.45, 7) is 7.28. The first-order chi connectivity index (χ1) is 13.8. The molecule has 5 nitrogen and oxygen atoms in total. The van der Waals surface area contributed by atoms with E-state index < -0.39 is 12.0 Å². The average molecular weight is 438 g/mol. The van der Waals surface area contributed by atoms with E-state index in [1.54, 1.807) is 4.90 Å². The molecule has 0 amide bonds. The molecule has 2 atom stereocenters. The Kier molecular flexibility index (Phi) is 9.43. The molecule has 2 rings (SSSR count). The first-order valence-electron chi connectivity index (χ1n) is 10.2. The SMILES string of the molecule is CC(C)Cc1ccc(C(C)C(=O)OCCCSC(=S)N2CCCC2C(=O)O)cc1. The van der Waals surface area contributed by atoms with Gasteiger partial charge in [-0.05, 0) is 49.7 Å². The van der Waals surface area contributed by atoms with Crippen LogP contribution in [0.4, 0.5) is 0 Å². The second-order valence-electron chi connectivity index (χ2n) is 7.89. The standard InChI is InChI=1S/C22H31NO4S2/c1-15(2)14-17-7-9-18(10-8-17)16(3)21(26)27-12-5-13-29-22(28)23-11-4-6-19(23)20(24)25/h7-10,15-16,19H,4-6,11-14H2,1-3H3,(H,24,25). The zero-order valence-electron chi connectivity index (χ0n) is 17.4. The summed E-state index contributed by atoms with van der Waals surface area (Å²) in [6, 6.07) is 7.68. The Bertz CT molecular complexity index is 705. The van der Waals surface area contributed by atoms with E-state index in [0.717, 1.165) is 18.4 Å². The van der Waals surface area contributed by atoms with Gasteiger partial charge in [-0.2, -0.15) is 0 Å². The third-order valence-electron chi connectivity index (χ3n) is 5.01. The first kappa shape index (κ1) is 23.7. The Balaban J connectivity index is 1.68. The number of hydrogen-bond donors (Lipinski definition) is 1. The normalized spacial score (nSPS) is 17.4. The number of likely N-dealkylation sites (tertiary alicyclic amines) is 1. The fourth-order valence-electron chi connectivity index (χ4n) is 3.39. The maximum atomic E-state index is 12.3. The van der Waals surface area contributed by atoms with Gasteiger partial charge < -0.3 is 14.7 Å². The quantitative estimate of drug-likeness (QED) is 0.347. The minimum atomic E-state index is -0.814. The summed E-state index contributed by atoms with van der Waals surface area (Å²) in [7, 11) is 0. The fourth-order valence-corrected chi connectivity index (χ4v) is 4.68. The molecule has 1 heterocycles. The van der Waals surface area contributed by atoms with Crippen molar-refractivity contribution < 1.29 is 19.4 Å². The van der Waals surface area contributed by atoms with Crippen molar-refractivity contribution in [2.24, 2.45) is 5.92 Å². The highest BCUT2D eigenvalue weighted by Gasteiger charge is 2.32. The van der Waals surface area contributed by atoms with Gasteiger partial charge >= 0.3 is 11.9 Å². The van der Waals surface area contributed by atoms with Gasteiger partial charge in [-0.15, -0.1) is 0 Å². The van der Waals surface area contributed by atoms with Crippen molar-refractivity contribution in [2.75, 3.05) is 18.9 Å². The highest BCUT2D eigenvalue weighted by Crippen LogP contribution is 2.23. The molecule has 1 N–H and O–H groups in total. The first-order valence-corrected chi connectivity index (χ1v) is 11.6. The number of carbonyl (C=O) groups excluding carboxylic acids is 1. The largest absolute Gasteiger partial charge is 0.480 e. The molecule has 1 aliphatic rings. The lowest BCUT2D eigenvalue weighted by Gasteiger charge is -2.23. The molecule has 2 unspecified atom stereocenters. The molecule has 0 radical (unpaired) electrons. The van der Waals surface area contributed by atoms with Crippen LogP contribution in [0.2, 0.25) is 0 Å². The van der Waals surface area contributed by atoms with Crippen LogP contribution >= 0.6 is 24.0 Å². The number of thiocarbonyl (C=S) groups is 1. The number of hydrogen-bond acceptors (Lipinski definition) is 5. The summed E-state index contributed by atoms with van der Waals surface area (Å²) in [5.41, 5.74) is 2.24. The monoisotopic (exact) mass is 437 g/mol. The van der Waals surface area contributed by atoms with Crippen LogP contribution in [-0.2, 0) is 20.7 Å². The number of ether oxygens (including phenoxy) is 1. The highest BCUT2D eigenvalue weighted by atomic mass is 32.2. The molecule has 0 aromatic heterocycles. The topological polar surface area (TPSA) is 66.8 Å². The number of carbonyl (C=O) groups is 2. The Morgan fingerprint density at radius 1 is 1.28 bits per heavy atom. The van der Waals surface area contributed by atoms with E-state index in [0.29, 0.717) is 42.0 Å². The molecular weight excluding hydrogens is 406 g/mol. The molecule has 7 heteroatoms. The average Bonchev–Trinajstić information content (AvgIpc) is 3.17. The summed E-state index contributed by atoms with van der Waals surface area (Å²) in [5, 5.41) is 9.23. The molecule has 1 aromatic carbocycles. The second-order valence-corrected chi connectivity index (χ2v) is 9.62. The van der Waals surface area contributed by atoms with Crippen LogP contribution in [0.25, 0.3) is 0 Å². The molecule has 1 fully saturated rings. The van der Waals surface area contributed by atoms with Crippen molar-refractivity contribution in [3.8, 4) is 0 Å². The second kappa shape index (κ2) is 11.6. The van der Waals surface area contributed by atoms with E-state index in [9.17, 15) is 14.7 Å². The Morgan fingerprint density at radius 2 is 1.97 bits per heavy atom. The predicted molar refractivity (Wildman–Crippen MR) is 121 cm³/mol. The van der Waals surface area contributed by atoms with Crippen molar-refractivity contribution in [1.29, 1.82) is 0 Å². The summed E-state index contributed by atoms with van der Waals surface area (Å²) in [5.74, 6) is -0.0229. The van der Waals surface area contributed by atoms with E-state index in [-0.39, 0.29) is 11.9 Å². The van der Waals surface area contributed by atoms with Crippen LogP contribution in [0, 0.1) is 5.92 Å². The molecule has 1 saturated heterocycles. The molecule has 1 aromatic rings. The number of esters is 1. The number of benzene rings is 1.